The molecule has 2 atom stereocenters. The summed E-state index contributed by atoms with van der Waals surface area (Å²) < 4.78 is 1.45. The molecule has 2 aliphatic rings. The van der Waals surface area contributed by atoms with Crippen LogP contribution in [0.15, 0.2) is 6.07 Å². The highest BCUT2D eigenvalue weighted by atomic mass is 127. The van der Waals surface area contributed by atoms with Crippen LogP contribution in [-0.2, 0) is 6.42 Å². The molecular weight excluding hydrogens is 367 g/mol. The van der Waals surface area contributed by atoms with E-state index in [4.69, 9.17) is 0 Å². The zero-order valence-corrected chi connectivity index (χ0v) is 14.6. The van der Waals surface area contributed by atoms with E-state index in [1.165, 1.54) is 48.0 Å². The fourth-order valence-electron chi connectivity index (χ4n) is 3.41. The van der Waals surface area contributed by atoms with Crippen LogP contribution < -0.4 is 5.32 Å². The number of nitrogens with zero attached hydrogens (tertiary/aromatic N) is 1. The summed E-state index contributed by atoms with van der Waals surface area (Å²) in [6.45, 7) is 2.44. The van der Waals surface area contributed by atoms with Crippen molar-refractivity contribution in [3.63, 3.8) is 0 Å². The SMILES string of the molecule is CN1CCCCC1CNC1CCCc2sc(I)cc21. The first-order chi connectivity index (χ1) is 9.24. The Kier molecular flexibility index (Phi) is 4.82. The monoisotopic (exact) mass is 390 g/mol. The third-order valence-corrected chi connectivity index (χ3v) is 6.58. The van der Waals surface area contributed by atoms with E-state index in [2.05, 4.69) is 45.9 Å². The van der Waals surface area contributed by atoms with E-state index in [0.717, 1.165) is 12.6 Å². The normalized spacial score (nSPS) is 28.3. The number of hydrogen-bond donors (Lipinski definition) is 1. The topological polar surface area (TPSA) is 15.3 Å². The van der Waals surface area contributed by atoms with E-state index in [-0.39, 0.29) is 0 Å². The third-order valence-electron chi connectivity index (χ3n) is 4.61. The average Bonchev–Trinajstić information content (AvgIpc) is 2.78. The van der Waals surface area contributed by atoms with Crippen LogP contribution in [0.4, 0.5) is 0 Å². The summed E-state index contributed by atoms with van der Waals surface area (Å²) in [5.41, 5.74) is 1.60. The summed E-state index contributed by atoms with van der Waals surface area (Å²) in [6, 6.07) is 3.76. The Bertz CT molecular complexity index is 432. The maximum atomic E-state index is 3.85. The van der Waals surface area contributed by atoms with E-state index in [1.807, 2.05) is 11.3 Å². The largest absolute Gasteiger partial charge is 0.308 e. The van der Waals surface area contributed by atoms with Gasteiger partial charge in [-0.3, -0.25) is 0 Å². The zero-order chi connectivity index (χ0) is 13.2. The smallest absolute Gasteiger partial charge is 0.0659 e. The van der Waals surface area contributed by atoms with Crippen molar-refractivity contribution in [2.24, 2.45) is 0 Å². The number of nitrogens with one attached hydrogen (secondary N) is 1. The molecule has 106 valence electrons. The van der Waals surface area contributed by atoms with Crippen LogP contribution in [0.3, 0.4) is 0 Å². The second kappa shape index (κ2) is 6.41. The van der Waals surface area contributed by atoms with Crippen LogP contribution >= 0.6 is 33.9 Å². The summed E-state index contributed by atoms with van der Waals surface area (Å²) in [5.74, 6) is 0. The molecule has 1 aliphatic carbocycles. The van der Waals surface area contributed by atoms with E-state index >= 15 is 0 Å². The van der Waals surface area contributed by atoms with Gasteiger partial charge in [0.05, 0.1) is 2.88 Å². The Hall–Kier alpha value is 0.350. The summed E-state index contributed by atoms with van der Waals surface area (Å²) >= 11 is 4.46. The van der Waals surface area contributed by atoms with Gasteiger partial charge in [0.2, 0.25) is 0 Å². The first kappa shape index (κ1) is 14.3. The number of likely N-dealkylation sites (tertiary alicyclic amines) is 1. The molecule has 2 nitrogen and oxygen atoms in total. The van der Waals surface area contributed by atoms with Gasteiger partial charge in [-0.05, 0) is 79.9 Å². The van der Waals surface area contributed by atoms with Crippen molar-refractivity contribution < 1.29 is 0 Å². The quantitative estimate of drug-likeness (QED) is 0.790. The molecule has 3 rings (SSSR count). The molecule has 0 saturated carbocycles. The molecule has 19 heavy (non-hydrogen) atoms. The van der Waals surface area contributed by atoms with Gasteiger partial charge >= 0.3 is 0 Å². The van der Waals surface area contributed by atoms with E-state index in [9.17, 15) is 0 Å². The molecule has 0 amide bonds. The molecule has 0 bridgehead atoms. The van der Waals surface area contributed by atoms with Crippen LogP contribution in [0.25, 0.3) is 0 Å². The Morgan fingerprint density at radius 2 is 2.26 bits per heavy atom. The molecule has 0 radical (unpaired) electrons. The minimum absolute atomic E-state index is 0.610. The van der Waals surface area contributed by atoms with E-state index < -0.39 is 0 Å². The number of halogens is 1. The predicted octanol–water partition coefficient (Wildman–Crippen LogP) is 3.80. The Labute approximate surface area is 134 Å². The van der Waals surface area contributed by atoms with Crippen molar-refractivity contribution in [1.82, 2.24) is 10.2 Å². The van der Waals surface area contributed by atoms with Gasteiger partial charge in [0.1, 0.15) is 0 Å². The molecular formula is C15H23IN2S. The first-order valence-electron chi connectivity index (χ1n) is 7.46. The number of aryl methyl sites for hydroxylation is 1. The molecule has 0 aromatic carbocycles. The highest BCUT2D eigenvalue weighted by Gasteiger charge is 2.24. The molecule has 1 saturated heterocycles. The number of thiophene rings is 1. The number of hydrogen-bond acceptors (Lipinski definition) is 3. The van der Waals surface area contributed by atoms with E-state index in [1.54, 1.807) is 10.4 Å². The van der Waals surface area contributed by atoms with Crippen LogP contribution in [0.2, 0.25) is 0 Å². The highest BCUT2D eigenvalue weighted by Crippen LogP contribution is 2.36. The standard InChI is InChI=1S/C15H23IN2S/c1-18-8-3-2-5-11(18)10-17-13-6-4-7-14-12(13)9-15(16)19-14/h9,11,13,17H,2-8,10H2,1H3. The molecule has 1 fully saturated rings. The van der Waals surface area contributed by atoms with Gasteiger partial charge in [0, 0.05) is 23.5 Å². The summed E-state index contributed by atoms with van der Waals surface area (Å²) in [7, 11) is 2.28. The fraction of sp³-hybridized carbons (Fsp3) is 0.733. The Balaban J connectivity index is 1.61. The first-order valence-corrected chi connectivity index (χ1v) is 9.35. The van der Waals surface area contributed by atoms with Crippen LogP contribution in [0.5, 0.6) is 0 Å². The number of rotatable bonds is 3. The highest BCUT2D eigenvalue weighted by molar-refractivity contribution is 14.1. The van der Waals surface area contributed by atoms with Gasteiger partial charge in [-0.1, -0.05) is 6.42 Å². The molecule has 0 spiro atoms. The molecule has 4 heteroatoms. The lowest BCUT2D eigenvalue weighted by Gasteiger charge is -2.34. The number of likely N-dealkylation sites (N-methyl/N-ethyl adjacent to an activating group) is 1. The van der Waals surface area contributed by atoms with Gasteiger partial charge in [-0.15, -0.1) is 11.3 Å². The minimum atomic E-state index is 0.610. The van der Waals surface area contributed by atoms with Crippen LogP contribution in [0, 0.1) is 2.88 Å². The Morgan fingerprint density at radius 1 is 1.37 bits per heavy atom. The summed E-state index contributed by atoms with van der Waals surface area (Å²) in [6.07, 6.45) is 8.11. The molecule has 1 N–H and O–H groups in total. The van der Waals surface area contributed by atoms with Gasteiger partial charge < -0.3 is 10.2 Å². The second-order valence-electron chi connectivity index (χ2n) is 5.91. The second-order valence-corrected chi connectivity index (χ2v) is 8.94. The molecule has 2 heterocycles. The number of fused-ring (bicyclic) bond motifs is 1. The molecule has 2 unspecified atom stereocenters. The minimum Gasteiger partial charge on any atom is -0.308 e. The van der Waals surface area contributed by atoms with E-state index in [0.29, 0.717) is 6.04 Å². The lowest BCUT2D eigenvalue weighted by atomic mass is 9.93. The van der Waals surface area contributed by atoms with Crippen LogP contribution in [0.1, 0.15) is 48.6 Å². The predicted molar refractivity (Wildman–Crippen MR) is 91.0 cm³/mol. The molecule has 1 aromatic heterocycles. The zero-order valence-electron chi connectivity index (χ0n) is 11.6. The Morgan fingerprint density at radius 3 is 3.11 bits per heavy atom. The maximum Gasteiger partial charge on any atom is 0.0659 e. The average molecular weight is 390 g/mol. The molecule has 1 aliphatic heterocycles. The van der Waals surface area contributed by atoms with Crippen molar-refractivity contribution in [1.29, 1.82) is 0 Å². The van der Waals surface area contributed by atoms with Gasteiger partial charge in [-0.25, -0.2) is 0 Å². The maximum absolute atomic E-state index is 3.85. The lowest BCUT2D eigenvalue weighted by Crippen LogP contribution is -2.44. The van der Waals surface area contributed by atoms with Crippen LogP contribution in [-0.4, -0.2) is 31.1 Å². The van der Waals surface area contributed by atoms with Crippen molar-refractivity contribution in [2.45, 2.75) is 50.6 Å². The van der Waals surface area contributed by atoms with Crippen molar-refractivity contribution in [3.8, 4) is 0 Å². The fourth-order valence-corrected chi connectivity index (χ4v) is 5.53. The summed E-state index contributed by atoms with van der Waals surface area (Å²) in [5, 5.41) is 3.85. The van der Waals surface area contributed by atoms with Crippen molar-refractivity contribution in [2.75, 3.05) is 20.1 Å². The van der Waals surface area contributed by atoms with Crippen molar-refractivity contribution in [3.05, 3.63) is 19.4 Å². The van der Waals surface area contributed by atoms with Crippen molar-refractivity contribution >= 4 is 33.9 Å². The third kappa shape index (κ3) is 3.34. The molecule has 1 aromatic rings. The van der Waals surface area contributed by atoms with Gasteiger partial charge in [-0.2, -0.15) is 0 Å². The van der Waals surface area contributed by atoms with Gasteiger partial charge in [0.15, 0.2) is 0 Å². The summed E-state index contributed by atoms with van der Waals surface area (Å²) in [4.78, 5) is 4.17. The number of piperidine rings is 1. The lowest BCUT2D eigenvalue weighted by molar-refractivity contribution is 0.176. The van der Waals surface area contributed by atoms with Gasteiger partial charge in [0.25, 0.3) is 0 Å².